The molecule has 0 aliphatic carbocycles. The maximum absolute atomic E-state index is 14.4. The first kappa shape index (κ1) is 32.7. The first-order chi connectivity index (χ1) is 19.4. The van der Waals surface area contributed by atoms with Gasteiger partial charge < -0.3 is 18.6 Å². The van der Waals surface area contributed by atoms with Crippen LogP contribution >= 0.6 is 10.8 Å². The van der Waals surface area contributed by atoms with E-state index in [1.807, 2.05) is 6.92 Å². The minimum atomic E-state index is -3.28. The Balaban J connectivity index is 2.13. The molecule has 0 aliphatic rings. The molecule has 12 heteroatoms. The molecule has 0 aliphatic heterocycles. The highest BCUT2D eigenvalue weighted by Crippen LogP contribution is 2.36. The van der Waals surface area contributed by atoms with Gasteiger partial charge in [0.1, 0.15) is 18.7 Å². The Morgan fingerprint density at radius 3 is 2.39 bits per heavy atom. The standard InChI is InChI=1S/C29H34FNO7S3/c1-5-6-7-15-38-29(33)27-25(19-26(32)37-16-17-39-41(4,35)36)20(2)31(23-10-8-9-22(30)18-23)28(27)21-11-13-24(14-12-21)40(3)34/h8-14,18H,5-7,15-17,19H2,1-4H3. The molecule has 0 fully saturated rings. The zero-order valence-electron chi connectivity index (χ0n) is 23.5. The number of nitrogens with zero attached hydrogens (tertiary/aromatic N) is 1. The summed E-state index contributed by atoms with van der Waals surface area (Å²) in [5.74, 6) is -1.70. The van der Waals surface area contributed by atoms with E-state index >= 15 is 0 Å². The number of carbonyl (C=O) groups is 2. The Kier molecular flexibility index (Phi) is 11.9. The van der Waals surface area contributed by atoms with Crippen molar-refractivity contribution in [2.75, 3.05) is 31.5 Å². The molecule has 0 saturated heterocycles. The van der Waals surface area contributed by atoms with Gasteiger partial charge in [-0.2, -0.15) is 0 Å². The molecule has 1 atom stereocenters. The number of esters is 2. The Morgan fingerprint density at radius 2 is 1.78 bits per heavy atom. The minimum absolute atomic E-state index is 0.0661. The molecule has 1 heterocycles. The first-order valence-electron chi connectivity index (χ1n) is 13.0. The monoisotopic (exact) mass is 623 g/mol. The Morgan fingerprint density at radius 1 is 1.07 bits per heavy atom. The normalized spacial score (nSPS) is 12.2. The molecule has 2 aromatic carbocycles. The van der Waals surface area contributed by atoms with Crippen molar-refractivity contribution in [3.8, 4) is 16.9 Å². The van der Waals surface area contributed by atoms with Crippen LogP contribution in [0, 0.1) is 12.7 Å². The molecule has 8 nitrogen and oxygen atoms in total. The second-order valence-electron chi connectivity index (χ2n) is 9.35. The van der Waals surface area contributed by atoms with Gasteiger partial charge in [0.25, 0.3) is 0 Å². The van der Waals surface area contributed by atoms with E-state index < -0.39 is 37.8 Å². The van der Waals surface area contributed by atoms with Gasteiger partial charge in [-0.25, -0.2) is 17.6 Å². The summed E-state index contributed by atoms with van der Waals surface area (Å²) in [6.07, 6.45) is 4.84. The van der Waals surface area contributed by atoms with Crippen LogP contribution in [0.25, 0.3) is 16.9 Å². The van der Waals surface area contributed by atoms with Crippen LogP contribution in [-0.2, 0) is 40.7 Å². The number of benzene rings is 2. The van der Waals surface area contributed by atoms with E-state index in [9.17, 15) is 27.0 Å². The fourth-order valence-electron chi connectivity index (χ4n) is 4.32. The molecule has 0 amide bonds. The number of rotatable bonds is 14. The van der Waals surface area contributed by atoms with Gasteiger partial charge >= 0.3 is 11.9 Å². The van der Waals surface area contributed by atoms with E-state index in [0.717, 1.165) is 19.1 Å². The van der Waals surface area contributed by atoms with Gasteiger partial charge in [-0.1, -0.05) is 25.8 Å². The molecule has 0 spiro atoms. The van der Waals surface area contributed by atoms with Crippen molar-refractivity contribution in [2.45, 2.75) is 44.4 Å². The lowest BCUT2D eigenvalue weighted by molar-refractivity contribution is -0.142. The molecule has 0 bridgehead atoms. The van der Waals surface area contributed by atoms with Crippen molar-refractivity contribution in [1.29, 1.82) is 0 Å². The number of ether oxygens (including phenoxy) is 2. The third kappa shape index (κ3) is 9.09. The number of unbranched alkanes of at least 4 members (excludes halogenated alkanes) is 2. The van der Waals surface area contributed by atoms with E-state index in [1.54, 1.807) is 54.1 Å². The SMILES string of the molecule is CCCCCOC(=O)c1c(CC(=O)OCCSS(C)(=O)=O)c(C)n(-c2cccc(F)c2)c1-c1ccc([S+](C)[O-])cc1. The van der Waals surface area contributed by atoms with Gasteiger partial charge in [-0.05, 0) is 88.9 Å². The van der Waals surface area contributed by atoms with Gasteiger partial charge in [-0.15, -0.1) is 0 Å². The van der Waals surface area contributed by atoms with Gasteiger partial charge in [0, 0.05) is 23.4 Å². The second-order valence-corrected chi connectivity index (χ2v) is 15.3. The Labute approximate surface area is 247 Å². The lowest BCUT2D eigenvalue weighted by atomic mass is 10.0. The highest BCUT2D eigenvalue weighted by Gasteiger charge is 2.30. The molecule has 222 valence electrons. The topological polar surface area (TPSA) is 115 Å². The fraction of sp³-hybridized carbons (Fsp3) is 0.379. The summed E-state index contributed by atoms with van der Waals surface area (Å²) in [7, 11) is -2.61. The van der Waals surface area contributed by atoms with Crippen molar-refractivity contribution in [2.24, 2.45) is 0 Å². The molecule has 3 aromatic rings. The summed E-state index contributed by atoms with van der Waals surface area (Å²) in [6.45, 7) is 3.82. The highest BCUT2D eigenvalue weighted by molar-refractivity contribution is 8.71. The lowest BCUT2D eigenvalue weighted by Crippen LogP contribution is -2.15. The Bertz CT molecular complexity index is 1470. The van der Waals surface area contributed by atoms with Gasteiger partial charge in [0.15, 0.2) is 13.8 Å². The molecule has 1 unspecified atom stereocenters. The summed E-state index contributed by atoms with van der Waals surface area (Å²) in [4.78, 5) is 27.1. The predicted octanol–water partition coefficient (Wildman–Crippen LogP) is 5.45. The van der Waals surface area contributed by atoms with E-state index in [1.165, 1.54) is 12.1 Å². The molecular formula is C29H34FNO7S3. The molecular weight excluding hydrogens is 590 g/mol. The van der Waals surface area contributed by atoms with Crippen LogP contribution < -0.4 is 0 Å². The summed E-state index contributed by atoms with van der Waals surface area (Å²) in [5, 5.41) is 0. The number of halogens is 1. The molecule has 3 rings (SSSR count). The maximum Gasteiger partial charge on any atom is 0.340 e. The third-order valence-electron chi connectivity index (χ3n) is 6.21. The lowest BCUT2D eigenvalue weighted by Gasteiger charge is -2.14. The summed E-state index contributed by atoms with van der Waals surface area (Å²) in [5.41, 5.74) is 2.43. The zero-order valence-corrected chi connectivity index (χ0v) is 25.9. The fourth-order valence-corrected chi connectivity index (χ4v) is 6.40. The molecule has 0 saturated carbocycles. The summed E-state index contributed by atoms with van der Waals surface area (Å²) in [6, 6.07) is 12.7. The molecule has 41 heavy (non-hydrogen) atoms. The maximum atomic E-state index is 14.4. The van der Waals surface area contributed by atoms with Crippen LogP contribution in [0.5, 0.6) is 0 Å². The van der Waals surface area contributed by atoms with Crippen LogP contribution in [0.1, 0.15) is 47.8 Å². The van der Waals surface area contributed by atoms with Crippen LogP contribution in [0.15, 0.2) is 53.4 Å². The van der Waals surface area contributed by atoms with Crippen LogP contribution in [0.4, 0.5) is 4.39 Å². The minimum Gasteiger partial charge on any atom is -0.612 e. The number of hydrogen-bond acceptors (Lipinski definition) is 8. The smallest absolute Gasteiger partial charge is 0.340 e. The highest BCUT2D eigenvalue weighted by atomic mass is 33.1. The van der Waals surface area contributed by atoms with E-state index in [2.05, 4.69) is 0 Å². The second kappa shape index (κ2) is 14.9. The van der Waals surface area contributed by atoms with E-state index in [0.29, 0.717) is 50.3 Å². The molecule has 1 aromatic heterocycles. The van der Waals surface area contributed by atoms with Crippen molar-refractivity contribution in [1.82, 2.24) is 4.57 Å². The average Bonchev–Trinajstić information content (AvgIpc) is 3.20. The Hall–Kier alpha value is -2.80. The summed E-state index contributed by atoms with van der Waals surface area (Å²) >= 11 is -1.22. The molecule has 0 radical (unpaired) electrons. The predicted molar refractivity (Wildman–Crippen MR) is 160 cm³/mol. The average molecular weight is 624 g/mol. The van der Waals surface area contributed by atoms with Crippen LogP contribution in [-0.4, -0.2) is 61.0 Å². The van der Waals surface area contributed by atoms with E-state index in [4.69, 9.17) is 9.47 Å². The first-order valence-corrected chi connectivity index (χ1v) is 18.0. The largest absolute Gasteiger partial charge is 0.612 e. The van der Waals surface area contributed by atoms with Crippen molar-refractivity contribution in [3.63, 3.8) is 0 Å². The quantitative estimate of drug-likeness (QED) is 0.101. The van der Waals surface area contributed by atoms with Crippen molar-refractivity contribution >= 4 is 42.8 Å². The van der Waals surface area contributed by atoms with Gasteiger partial charge in [0.2, 0.25) is 0 Å². The van der Waals surface area contributed by atoms with Gasteiger partial charge in [-0.3, -0.25) is 4.79 Å². The summed E-state index contributed by atoms with van der Waals surface area (Å²) < 4.78 is 61.8. The third-order valence-corrected chi connectivity index (χ3v) is 9.69. The number of carbonyl (C=O) groups excluding carboxylic acids is 2. The number of hydrogen-bond donors (Lipinski definition) is 0. The van der Waals surface area contributed by atoms with Crippen LogP contribution in [0.2, 0.25) is 0 Å². The van der Waals surface area contributed by atoms with Crippen LogP contribution in [0.3, 0.4) is 0 Å². The van der Waals surface area contributed by atoms with Gasteiger partial charge in [0.05, 0.1) is 24.3 Å². The van der Waals surface area contributed by atoms with Crippen molar-refractivity contribution < 1.29 is 36.4 Å². The van der Waals surface area contributed by atoms with E-state index in [-0.39, 0.29) is 31.0 Å². The number of aromatic nitrogens is 1. The zero-order chi connectivity index (χ0) is 30.2. The molecule has 0 N–H and O–H groups in total. The van der Waals surface area contributed by atoms with Crippen molar-refractivity contribution in [3.05, 3.63) is 71.2 Å².